The third-order valence-corrected chi connectivity index (χ3v) is 3.09. The van der Waals surface area contributed by atoms with Gasteiger partial charge >= 0.3 is 5.97 Å². The van der Waals surface area contributed by atoms with Gasteiger partial charge in [-0.2, -0.15) is 5.26 Å². The highest BCUT2D eigenvalue weighted by atomic mass is 79.9. The van der Waals surface area contributed by atoms with Crippen molar-refractivity contribution in [2.75, 3.05) is 11.9 Å². The summed E-state index contributed by atoms with van der Waals surface area (Å²) in [5.41, 5.74) is 1.36. The smallest absolute Gasteiger partial charge is 0.303 e. The molecule has 1 rings (SSSR count). The van der Waals surface area contributed by atoms with Gasteiger partial charge in [-0.05, 0) is 30.5 Å². The van der Waals surface area contributed by atoms with Gasteiger partial charge in [-0.1, -0.05) is 22.9 Å². The van der Waals surface area contributed by atoms with Crippen molar-refractivity contribution in [1.82, 2.24) is 0 Å². The average Bonchev–Trinajstić information content (AvgIpc) is 2.34. The molecule has 0 saturated carbocycles. The molecular formula is C13H15BrN2O2. The van der Waals surface area contributed by atoms with Crippen LogP contribution in [0.4, 0.5) is 5.69 Å². The molecule has 0 aliphatic rings. The highest BCUT2D eigenvalue weighted by Crippen LogP contribution is 2.21. The second-order valence-corrected chi connectivity index (χ2v) is 5.14. The van der Waals surface area contributed by atoms with Gasteiger partial charge in [0.2, 0.25) is 0 Å². The van der Waals surface area contributed by atoms with Crippen LogP contribution >= 0.6 is 15.9 Å². The van der Waals surface area contributed by atoms with Gasteiger partial charge in [0.15, 0.2) is 0 Å². The number of hydrogen-bond donors (Lipinski definition) is 2. The molecule has 1 aromatic carbocycles. The number of benzene rings is 1. The molecule has 0 amide bonds. The Balaban J connectivity index is 2.55. The van der Waals surface area contributed by atoms with Crippen molar-refractivity contribution >= 4 is 27.6 Å². The summed E-state index contributed by atoms with van der Waals surface area (Å²) in [6.07, 6.45) is 0.796. The Bertz CT molecular complexity index is 469. The summed E-state index contributed by atoms with van der Waals surface area (Å²) in [6, 6.07) is 7.53. The lowest BCUT2D eigenvalue weighted by Gasteiger charge is -2.13. The number of hydrogen-bond acceptors (Lipinski definition) is 3. The van der Waals surface area contributed by atoms with Crippen molar-refractivity contribution in [3.63, 3.8) is 0 Å². The molecule has 0 spiro atoms. The van der Waals surface area contributed by atoms with Crippen molar-refractivity contribution in [3.8, 4) is 6.07 Å². The number of carboxylic acid groups (broad SMARTS) is 1. The minimum Gasteiger partial charge on any atom is -0.481 e. The molecule has 0 radical (unpaired) electrons. The molecule has 1 unspecified atom stereocenters. The average molecular weight is 311 g/mol. The van der Waals surface area contributed by atoms with Crippen LogP contribution in [-0.4, -0.2) is 17.6 Å². The maximum atomic E-state index is 10.5. The van der Waals surface area contributed by atoms with Crippen LogP contribution in [0.2, 0.25) is 0 Å². The van der Waals surface area contributed by atoms with Gasteiger partial charge in [0.25, 0.3) is 0 Å². The molecule has 0 fully saturated rings. The number of carboxylic acids is 1. The van der Waals surface area contributed by atoms with E-state index in [-0.39, 0.29) is 12.3 Å². The summed E-state index contributed by atoms with van der Waals surface area (Å²) in [7, 11) is 0. The van der Waals surface area contributed by atoms with Crippen molar-refractivity contribution in [2.24, 2.45) is 5.92 Å². The quantitative estimate of drug-likeness (QED) is 0.846. The van der Waals surface area contributed by atoms with E-state index in [1.807, 2.05) is 19.1 Å². The lowest BCUT2D eigenvalue weighted by molar-refractivity contribution is -0.137. The summed E-state index contributed by atoms with van der Waals surface area (Å²) in [5.74, 6) is -0.534. The monoisotopic (exact) mass is 310 g/mol. The summed E-state index contributed by atoms with van der Waals surface area (Å²) in [5, 5.41) is 20.7. The molecular weight excluding hydrogens is 296 g/mol. The third-order valence-electron chi connectivity index (χ3n) is 2.59. The van der Waals surface area contributed by atoms with Crippen molar-refractivity contribution in [2.45, 2.75) is 19.8 Å². The van der Waals surface area contributed by atoms with Gasteiger partial charge in [-0.25, -0.2) is 0 Å². The molecule has 0 saturated heterocycles. The van der Waals surface area contributed by atoms with Crippen LogP contribution in [-0.2, 0) is 4.79 Å². The van der Waals surface area contributed by atoms with E-state index in [0.717, 1.165) is 10.2 Å². The molecule has 1 atom stereocenters. The summed E-state index contributed by atoms with van der Waals surface area (Å²) in [6.45, 7) is 2.64. The number of carbonyl (C=O) groups is 1. The highest BCUT2D eigenvalue weighted by Gasteiger charge is 2.07. The van der Waals surface area contributed by atoms with Gasteiger partial charge in [-0.15, -0.1) is 0 Å². The minimum absolute atomic E-state index is 0.173. The molecule has 0 bridgehead atoms. The molecule has 96 valence electrons. The largest absolute Gasteiger partial charge is 0.481 e. The number of nitrogens with zero attached hydrogens (tertiary/aromatic N) is 1. The SMILES string of the molecule is CC(CCC(=O)O)CNc1cc(Br)ccc1C#N. The lowest BCUT2D eigenvalue weighted by atomic mass is 10.1. The first-order valence-corrected chi connectivity index (χ1v) is 6.47. The van der Waals surface area contributed by atoms with Crippen molar-refractivity contribution in [1.29, 1.82) is 5.26 Å². The first-order chi connectivity index (χ1) is 8.52. The van der Waals surface area contributed by atoms with Crippen LogP contribution < -0.4 is 5.32 Å². The number of aliphatic carboxylic acids is 1. The van der Waals surface area contributed by atoms with E-state index in [1.54, 1.807) is 6.07 Å². The van der Waals surface area contributed by atoms with Crippen LogP contribution in [0.5, 0.6) is 0 Å². The standard InChI is InChI=1S/C13H15BrN2O2/c1-9(2-5-13(17)18)8-16-12-6-11(14)4-3-10(12)7-15/h3-4,6,9,16H,2,5,8H2,1H3,(H,17,18). The maximum Gasteiger partial charge on any atom is 0.303 e. The van der Waals surface area contributed by atoms with Gasteiger partial charge in [0.1, 0.15) is 6.07 Å². The van der Waals surface area contributed by atoms with Gasteiger partial charge in [0, 0.05) is 17.4 Å². The topological polar surface area (TPSA) is 73.1 Å². The minimum atomic E-state index is -0.776. The van der Waals surface area contributed by atoms with Crippen LogP contribution in [0.3, 0.4) is 0 Å². The van der Waals surface area contributed by atoms with Gasteiger partial charge in [-0.3, -0.25) is 4.79 Å². The Morgan fingerprint density at radius 2 is 2.33 bits per heavy atom. The summed E-state index contributed by atoms with van der Waals surface area (Å²) >= 11 is 3.36. The summed E-state index contributed by atoms with van der Waals surface area (Å²) < 4.78 is 0.905. The second kappa shape index (κ2) is 7.02. The Hall–Kier alpha value is -1.54. The van der Waals surface area contributed by atoms with Crippen LogP contribution in [0, 0.1) is 17.2 Å². The van der Waals surface area contributed by atoms with Crippen molar-refractivity contribution in [3.05, 3.63) is 28.2 Å². The number of rotatable bonds is 6. The zero-order valence-corrected chi connectivity index (χ0v) is 11.7. The van der Waals surface area contributed by atoms with Crippen molar-refractivity contribution < 1.29 is 9.90 Å². The first kappa shape index (κ1) is 14.5. The lowest BCUT2D eigenvalue weighted by Crippen LogP contribution is -2.13. The van der Waals surface area contributed by atoms with E-state index in [9.17, 15) is 4.79 Å². The van der Waals surface area contributed by atoms with E-state index in [0.29, 0.717) is 18.5 Å². The Kier molecular flexibility index (Phi) is 5.66. The van der Waals surface area contributed by atoms with E-state index >= 15 is 0 Å². The number of anilines is 1. The number of nitrogens with one attached hydrogen (secondary N) is 1. The molecule has 1 aromatic rings. The van der Waals surface area contributed by atoms with E-state index in [2.05, 4.69) is 27.3 Å². The fraction of sp³-hybridized carbons (Fsp3) is 0.385. The number of nitriles is 1. The summed E-state index contributed by atoms with van der Waals surface area (Å²) in [4.78, 5) is 10.5. The van der Waals surface area contributed by atoms with E-state index in [4.69, 9.17) is 10.4 Å². The number of halogens is 1. The molecule has 0 heterocycles. The predicted octanol–water partition coefficient (Wildman–Crippen LogP) is 3.23. The molecule has 5 heteroatoms. The highest BCUT2D eigenvalue weighted by molar-refractivity contribution is 9.10. The zero-order chi connectivity index (χ0) is 13.5. The first-order valence-electron chi connectivity index (χ1n) is 5.68. The predicted molar refractivity (Wildman–Crippen MR) is 73.4 cm³/mol. The Morgan fingerprint density at radius 3 is 2.94 bits per heavy atom. The molecule has 4 nitrogen and oxygen atoms in total. The van der Waals surface area contributed by atoms with E-state index < -0.39 is 5.97 Å². The molecule has 0 aromatic heterocycles. The van der Waals surface area contributed by atoms with Crippen LogP contribution in [0.1, 0.15) is 25.3 Å². The zero-order valence-electron chi connectivity index (χ0n) is 10.1. The second-order valence-electron chi connectivity index (χ2n) is 4.22. The molecule has 0 aliphatic heterocycles. The van der Waals surface area contributed by atoms with Gasteiger partial charge in [0.05, 0.1) is 11.3 Å². The van der Waals surface area contributed by atoms with Gasteiger partial charge < -0.3 is 10.4 Å². The maximum absolute atomic E-state index is 10.5. The molecule has 2 N–H and O–H groups in total. The molecule has 0 aliphatic carbocycles. The third kappa shape index (κ3) is 4.76. The normalized spacial score (nSPS) is 11.6. The van der Waals surface area contributed by atoms with E-state index in [1.165, 1.54) is 0 Å². The molecule has 18 heavy (non-hydrogen) atoms. The fourth-order valence-electron chi connectivity index (χ4n) is 1.52. The fourth-order valence-corrected chi connectivity index (χ4v) is 1.88. The van der Waals surface area contributed by atoms with Crippen LogP contribution in [0.25, 0.3) is 0 Å². The Morgan fingerprint density at radius 1 is 1.61 bits per heavy atom. The Labute approximate surface area is 115 Å². The van der Waals surface area contributed by atoms with Crippen LogP contribution in [0.15, 0.2) is 22.7 Å².